The minimum Gasteiger partial charge on any atom is -0.370 e. The van der Waals surface area contributed by atoms with Gasteiger partial charge in [-0.05, 0) is 25.7 Å². The first-order chi connectivity index (χ1) is 4.88. The molecule has 0 aromatic heterocycles. The standard InChI is InChI=1S/C8H12O2/c9-8(6-3-4-6)7-2-1-5-10-7/h6-7H,1-5H2. The van der Waals surface area contributed by atoms with E-state index in [0.29, 0.717) is 11.7 Å². The van der Waals surface area contributed by atoms with E-state index in [1.165, 1.54) is 0 Å². The summed E-state index contributed by atoms with van der Waals surface area (Å²) in [7, 11) is 0. The molecule has 2 fully saturated rings. The van der Waals surface area contributed by atoms with Gasteiger partial charge in [-0.25, -0.2) is 0 Å². The van der Waals surface area contributed by atoms with Gasteiger partial charge < -0.3 is 4.74 Å². The summed E-state index contributed by atoms with van der Waals surface area (Å²) in [5, 5.41) is 0. The highest BCUT2D eigenvalue weighted by Crippen LogP contribution is 2.33. The maximum Gasteiger partial charge on any atom is 0.164 e. The summed E-state index contributed by atoms with van der Waals surface area (Å²) >= 11 is 0. The average Bonchev–Trinajstić information content (AvgIpc) is 2.65. The Morgan fingerprint density at radius 3 is 2.60 bits per heavy atom. The van der Waals surface area contributed by atoms with Gasteiger partial charge in [0.2, 0.25) is 0 Å². The second-order valence-corrected chi connectivity index (χ2v) is 3.18. The zero-order chi connectivity index (χ0) is 6.97. The molecule has 0 radical (unpaired) electrons. The van der Waals surface area contributed by atoms with E-state index in [0.717, 1.165) is 32.3 Å². The predicted octanol–water partition coefficient (Wildman–Crippen LogP) is 1.14. The molecule has 1 aliphatic carbocycles. The van der Waals surface area contributed by atoms with Gasteiger partial charge in [-0.3, -0.25) is 4.79 Å². The van der Waals surface area contributed by atoms with Crippen molar-refractivity contribution in [3.8, 4) is 0 Å². The molecular formula is C8H12O2. The van der Waals surface area contributed by atoms with Crippen LogP contribution in [0.5, 0.6) is 0 Å². The molecule has 0 aromatic carbocycles. The molecule has 1 saturated heterocycles. The molecule has 1 aliphatic heterocycles. The molecule has 2 heteroatoms. The number of carbonyl (C=O) groups excluding carboxylic acids is 1. The summed E-state index contributed by atoms with van der Waals surface area (Å²) in [6.45, 7) is 0.795. The first kappa shape index (κ1) is 6.35. The fourth-order valence-corrected chi connectivity index (χ4v) is 1.43. The van der Waals surface area contributed by atoms with E-state index in [4.69, 9.17) is 4.74 Å². The third kappa shape index (κ3) is 1.08. The smallest absolute Gasteiger partial charge is 0.164 e. The topological polar surface area (TPSA) is 26.3 Å². The lowest BCUT2D eigenvalue weighted by molar-refractivity contribution is -0.129. The van der Waals surface area contributed by atoms with Crippen LogP contribution in [0, 0.1) is 5.92 Å². The Balaban J connectivity index is 1.90. The summed E-state index contributed by atoms with van der Waals surface area (Å²) in [6.07, 6.45) is 4.24. The highest BCUT2D eigenvalue weighted by atomic mass is 16.5. The van der Waals surface area contributed by atoms with Crippen LogP contribution < -0.4 is 0 Å². The van der Waals surface area contributed by atoms with Gasteiger partial charge in [0, 0.05) is 12.5 Å². The zero-order valence-electron chi connectivity index (χ0n) is 6.01. The lowest BCUT2D eigenvalue weighted by Gasteiger charge is -2.05. The molecule has 1 saturated carbocycles. The van der Waals surface area contributed by atoms with Gasteiger partial charge in [-0.2, -0.15) is 0 Å². The molecule has 1 heterocycles. The van der Waals surface area contributed by atoms with Gasteiger partial charge in [0.1, 0.15) is 6.10 Å². The predicted molar refractivity (Wildman–Crippen MR) is 36.7 cm³/mol. The van der Waals surface area contributed by atoms with Crippen molar-refractivity contribution in [1.82, 2.24) is 0 Å². The molecule has 2 rings (SSSR count). The molecule has 0 spiro atoms. The molecule has 0 amide bonds. The Bertz CT molecular complexity index is 143. The number of hydrogen-bond acceptors (Lipinski definition) is 2. The summed E-state index contributed by atoms with van der Waals surface area (Å²) < 4.78 is 5.27. The highest BCUT2D eigenvalue weighted by Gasteiger charge is 2.36. The molecule has 2 aliphatic rings. The molecule has 0 N–H and O–H groups in total. The number of carbonyl (C=O) groups is 1. The van der Waals surface area contributed by atoms with Crippen LogP contribution in [0.4, 0.5) is 0 Å². The second-order valence-electron chi connectivity index (χ2n) is 3.18. The van der Waals surface area contributed by atoms with E-state index in [2.05, 4.69) is 0 Å². The summed E-state index contributed by atoms with van der Waals surface area (Å²) in [5.74, 6) is 0.751. The monoisotopic (exact) mass is 140 g/mol. The summed E-state index contributed by atoms with van der Waals surface area (Å²) in [6, 6.07) is 0. The number of ketones is 1. The van der Waals surface area contributed by atoms with Crippen LogP contribution in [0.25, 0.3) is 0 Å². The van der Waals surface area contributed by atoms with E-state index in [-0.39, 0.29) is 6.10 Å². The summed E-state index contributed by atoms with van der Waals surface area (Å²) in [4.78, 5) is 11.3. The van der Waals surface area contributed by atoms with Crippen molar-refractivity contribution in [3.63, 3.8) is 0 Å². The van der Waals surface area contributed by atoms with Crippen molar-refractivity contribution in [3.05, 3.63) is 0 Å². The number of ether oxygens (including phenoxy) is 1. The average molecular weight is 140 g/mol. The molecule has 1 unspecified atom stereocenters. The molecular weight excluding hydrogens is 128 g/mol. The van der Waals surface area contributed by atoms with Crippen molar-refractivity contribution >= 4 is 5.78 Å². The molecule has 0 aromatic rings. The molecule has 56 valence electrons. The number of Topliss-reactive ketones (excluding diaryl/α,β-unsaturated/α-hetero) is 1. The Labute approximate surface area is 60.6 Å². The Morgan fingerprint density at radius 1 is 1.30 bits per heavy atom. The SMILES string of the molecule is O=C(C1CC1)C1CCCO1. The van der Waals surface area contributed by atoms with Crippen LogP contribution in [0.15, 0.2) is 0 Å². The van der Waals surface area contributed by atoms with E-state index in [1.807, 2.05) is 0 Å². The number of rotatable bonds is 2. The van der Waals surface area contributed by atoms with Crippen LogP contribution in [0.3, 0.4) is 0 Å². The fourth-order valence-electron chi connectivity index (χ4n) is 1.43. The summed E-state index contributed by atoms with van der Waals surface area (Å²) in [5.41, 5.74) is 0. The number of hydrogen-bond donors (Lipinski definition) is 0. The minimum atomic E-state index is -0.0208. The third-order valence-corrected chi connectivity index (χ3v) is 2.23. The van der Waals surface area contributed by atoms with Gasteiger partial charge in [-0.15, -0.1) is 0 Å². The lowest BCUT2D eigenvalue weighted by atomic mass is 10.1. The largest absolute Gasteiger partial charge is 0.370 e. The van der Waals surface area contributed by atoms with E-state index >= 15 is 0 Å². The van der Waals surface area contributed by atoms with Crippen LogP contribution in [0.2, 0.25) is 0 Å². The highest BCUT2D eigenvalue weighted by molar-refractivity contribution is 5.87. The molecule has 1 atom stereocenters. The maximum atomic E-state index is 11.3. The molecule has 2 nitrogen and oxygen atoms in total. The first-order valence-electron chi connectivity index (χ1n) is 4.03. The van der Waals surface area contributed by atoms with Crippen molar-refractivity contribution in [2.75, 3.05) is 6.61 Å². The second kappa shape index (κ2) is 2.35. The molecule has 10 heavy (non-hydrogen) atoms. The van der Waals surface area contributed by atoms with Crippen LogP contribution in [0.1, 0.15) is 25.7 Å². The Hall–Kier alpha value is -0.370. The first-order valence-corrected chi connectivity index (χ1v) is 4.03. The Morgan fingerprint density at radius 2 is 2.10 bits per heavy atom. The third-order valence-electron chi connectivity index (χ3n) is 2.23. The van der Waals surface area contributed by atoms with Gasteiger partial charge in [-0.1, -0.05) is 0 Å². The van der Waals surface area contributed by atoms with Gasteiger partial charge >= 0.3 is 0 Å². The normalized spacial score (nSPS) is 32.6. The van der Waals surface area contributed by atoms with Crippen LogP contribution in [-0.2, 0) is 9.53 Å². The van der Waals surface area contributed by atoms with Crippen molar-refractivity contribution in [2.45, 2.75) is 31.8 Å². The van der Waals surface area contributed by atoms with Crippen LogP contribution >= 0.6 is 0 Å². The van der Waals surface area contributed by atoms with E-state index in [9.17, 15) is 4.79 Å². The molecule has 0 bridgehead atoms. The van der Waals surface area contributed by atoms with E-state index < -0.39 is 0 Å². The minimum absolute atomic E-state index is 0.0208. The Kier molecular flexibility index (Phi) is 1.49. The van der Waals surface area contributed by atoms with Crippen molar-refractivity contribution < 1.29 is 9.53 Å². The van der Waals surface area contributed by atoms with Crippen molar-refractivity contribution in [2.24, 2.45) is 5.92 Å². The lowest BCUT2D eigenvalue weighted by Crippen LogP contribution is -2.20. The fraction of sp³-hybridized carbons (Fsp3) is 0.875. The van der Waals surface area contributed by atoms with E-state index in [1.54, 1.807) is 0 Å². The zero-order valence-corrected chi connectivity index (χ0v) is 6.01. The maximum absolute atomic E-state index is 11.3. The van der Waals surface area contributed by atoms with Gasteiger partial charge in [0.15, 0.2) is 5.78 Å². The van der Waals surface area contributed by atoms with Gasteiger partial charge in [0.25, 0.3) is 0 Å². The van der Waals surface area contributed by atoms with Crippen molar-refractivity contribution in [1.29, 1.82) is 0 Å². The quantitative estimate of drug-likeness (QED) is 0.575. The van der Waals surface area contributed by atoms with Gasteiger partial charge in [0.05, 0.1) is 0 Å². The van der Waals surface area contributed by atoms with Crippen LogP contribution in [-0.4, -0.2) is 18.5 Å².